The molecule has 0 spiro atoms. The SMILES string of the molecule is C=C(/C=C(/F)C/C(=C\CF)OCc1nc2ccccc2[nH]1)C(=O)c1c[nH]c2ncccc12. The molecule has 162 valence electrons. The third-order valence-corrected chi connectivity index (χ3v) is 4.80. The first-order valence-electron chi connectivity index (χ1n) is 9.88. The maximum absolute atomic E-state index is 14.6. The van der Waals surface area contributed by atoms with E-state index in [0.29, 0.717) is 22.4 Å². The fourth-order valence-corrected chi connectivity index (χ4v) is 3.29. The average Bonchev–Trinajstić information content (AvgIpc) is 3.41. The third-order valence-electron chi connectivity index (χ3n) is 4.80. The van der Waals surface area contributed by atoms with Gasteiger partial charge in [0.1, 0.15) is 36.3 Å². The fourth-order valence-electron chi connectivity index (χ4n) is 3.29. The van der Waals surface area contributed by atoms with Crippen LogP contribution >= 0.6 is 0 Å². The third kappa shape index (κ3) is 4.64. The van der Waals surface area contributed by atoms with Crippen molar-refractivity contribution in [1.29, 1.82) is 0 Å². The minimum absolute atomic E-state index is 0.0238. The molecule has 6 nitrogen and oxygen atoms in total. The monoisotopic (exact) mass is 434 g/mol. The summed E-state index contributed by atoms with van der Waals surface area (Å²) in [6.07, 6.45) is 4.99. The Labute approximate surface area is 182 Å². The number of H-pyrrole nitrogens is 2. The van der Waals surface area contributed by atoms with E-state index in [9.17, 15) is 13.6 Å². The van der Waals surface area contributed by atoms with Crippen LogP contribution in [0.25, 0.3) is 22.1 Å². The standard InChI is InChI=1S/C24H20F2N4O2/c1-15(23(31)19-13-28-24-18(19)5-4-10-27-24)11-16(26)12-17(8-9-25)32-14-22-29-20-6-2-3-7-21(20)30-22/h2-8,10-11,13H,1,9,12,14H2,(H,27,28)(H,29,30)/b16-11+,17-8+. The van der Waals surface area contributed by atoms with E-state index >= 15 is 0 Å². The number of Topliss-reactive ketones (excluding diaryl/α,β-unsaturated/α-hetero) is 1. The first-order valence-corrected chi connectivity index (χ1v) is 9.88. The summed E-state index contributed by atoms with van der Waals surface area (Å²) in [4.78, 5) is 27.2. The van der Waals surface area contributed by atoms with Crippen LogP contribution < -0.4 is 0 Å². The Morgan fingerprint density at radius 3 is 2.88 bits per heavy atom. The maximum Gasteiger partial charge on any atom is 0.194 e. The van der Waals surface area contributed by atoms with Gasteiger partial charge in [-0.05, 0) is 36.4 Å². The quantitative estimate of drug-likeness (QED) is 0.158. The molecule has 0 aliphatic rings. The van der Waals surface area contributed by atoms with Gasteiger partial charge < -0.3 is 14.7 Å². The highest BCUT2D eigenvalue weighted by Gasteiger charge is 2.16. The van der Waals surface area contributed by atoms with Gasteiger partial charge in [0.15, 0.2) is 5.78 Å². The summed E-state index contributed by atoms with van der Waals surface area (Å²) in [7, 11) is 0. The number of halogens is 2. The Balaban J connectivity index is 1.42. The number of aromatic amines is 2. The predicted octanol–water partition coefficient (Wildman–Crippen LogP) is 5.49. The second-order valence-electron chi connectivity index (χ2n) is 7.04. The predicted molar refractivity (Wildman–Crippen MR) is 118 cm³/mol. The van der Waals surface area contributed by atoms with Crippen molar-refractivity contribution in [3.63, 3.8) is 0 Å². The number of rotatable bonds is 9. The molecule has 0 bridgehead atoms. The van der Waals surface area contributed by atoms with Gasteiger partial charge in [0.05, 0.1) is 17.5 Å². The molecule has 3 aromatic heterocycles. The summed E-state index contributed by atoms with van der Waals surface area (Å²) in [5.74, 6) is -0.477. The van der Waals surface area contributed by atoms with Crippen molar-refractivity contribution in [2.75, 3.05) is 6.67 Å². The number of para-hydroxylation sites is 2. The van der Waals surface area contributed by atoms with Crippen LogP contribution in [0.2, 0.25) is 0 Å². The molecule has 0 fully saturated rings. The van der Waals surface area contributed by atoms with E-state index in [2.05, 4.69) is 26.5 Å². The van der Waals surface area contributed by atoms with Crippen LogP contribution in [-0.4, -0.2) is 32.4 Å². The Morgan fingerprint density at radius 1 is 1.22 bits per heavy atom. The van der Waals surface area contributed by atoms with Gasteiger partial charge in [-0.15, -0.1) is 0 Å². The van der Waals surface area contributed by atoms with E-state index in [1.54, 1.807) is 18.3 Å². The summed E-state index contributed by atoms with van der Waals surface area (Å²) in [6.45, 7) is 2.89. The lowest BCUT2D eigenvalue weighted by atomic mass is 10.0. The fraction of sp³-hybridized carbons (Fsp3) is 0.125. The number of imidazole rings is 1. The number of nitrogens with zero attached hydrogens (tertiary/aromatic N) is 2. The Bertz CT molecular complexity index is 1320. The molecule has 0 saturated carbocycles. The van der Waals surface area contributed by atoms with E-state index in [1.807, 2.05) is 24.3 Å². The summed E-state index contributed by atoms with van der Waals surface area (Å²) in [5.41, 5.74) is 2.48. The number of hydrogen-bond donors (Lipinski definition) is 2. The van der Waals surface area contributed by atoms with Crippen molar-refractivity contribution in [2.24, 2.45) is 0 Å². The number of pyridine rings is 1. The number of benzene rings is 1. The maximum atomic E-state index is 14.6. The highest BCUT2D eigenvalue weighted by atomic mass is 19.1. The van der Waals surface area contributed by atoms with Crippen LogP contribution in [0.4, 0.5) is 8.78 Å². The Hall–Kier alpha value is -4.07. The lowest BCUT2D eigenvalue weighted by Crippen LogP contribution is -2.01. The number of alkyl halides is 1. The smallest absolute Gasteiger partial charge is 0.194 e. The summed E-state index contributed by atoms with van der Waals surface area (Å²) in [5, 5.41) is 0.625. The zero-order valence-electron chi connectivity index (χ0n) is 17.1. The highest BCUT2D eigenvalue weighted by molar-refractivity contribution is 6.16. The minimum atomic E-state index is -0.815. The van der Waals surface area contributed by atoms with Gasteiger partial charge in [-0.2, -0.15) is 0 Å². The topological polar surface area (TPSA) is 83.7 Å². The largest absolute Gasteiger partial charge is 0.490 e. The number of carbonyl (C=O) groups excluding carboxylic acids is 1. The molecule has 1 aromatic carbocycles. The molecule has 3 heterocycles. The van der Waals surface area contributed by atoms with E-state index in [4.69, 9.17) is 4.74 Å². The number of hydrogen-bond acceptors (Lipinski definition) is 4. The van der Waals surface area contributed by atoms with Crippen molar-refractivity contribution in [1.82, 2.24) is 19.9 Å². The van der Waals surface area contributed by atoms with E-state index in [-0.39, 0.29) is 24.4 Å². The minimum Gasteiger partial charge on any atom is -0.490 e. The molecular formula is C24H20F2N4O2. The van der Waals surface area contributed by atoms with Gasteiger partial charge >= 0.3 is 0 Å². The summed E-state index contributed by atoms with van der Waals surface area (Å²) >= 11 is 0. The Morgan fingerprint density at radius 2 is 2.06 bits per heavy atom. The van der Waals surface area contributed by atoms with Gasteiger partial charge in [0, 0.05) is 28.9 Å². The van der Waals surface area contributed by atoms with Gasteiger partial charge in [0.25, 0.3) is 0 Å². The van der Waals surface area contributed by atoms with Crippen molar-refractivity contribution in [3.05, 3.63) is 96.1 Å². The van der Waals surface area contributed by atoms with E-state index in [1.165, 1.54) is 6.20 Å². The number of allylic oxidation sites excluding steroid dienone is 4. The van der Waals surface area contributed by atoms with Crippen LogP contribution in [0, 0.1) is 0 Å². The normalized spacial score (nSPS) is 12.4. The van der Waals surface area contributed by atoms with Crippen LogP contribution in [0.1, 0.15) is 22.6 Å². The van der Waals surface area contributed by atoms with Gasteiger partial charge in [-0.3, -0.25) is 4.79 Å². The number of ether oxygens (including phenoxy) is 1. The van der Waals surface area contributed by atoms with E-state index < -0.39 is 18.3 Å². The number of fused-ring (bicyclic) bond motifs is 2. The molecule has 0 saturated heterocycles. The molecule has 0 radical (unpaired) electrons. The van der Waals surface area contributed by atoms with Crippen LogP contribution in [0.15, 0.2) is 84.7 Å². The number of carbonyl (C=O) groups is 1. The summed E-state index contributed by atoms with van der Waals surface area (Å²) in [6, 6.07) is 10.9. The van der Waals surface area contributed by atoms with Gasteiger partial charge in [-0.25, -0.2) is 18.7 Å². The molecule has 4 aromatic rings. The molecule has 2 N–H and O–H groups in total. The van der Waals surface area contributed by atoms with Crippen LogP contribution in [0.5, 0.6) is 0 Å². The highest BCUT2D eigenvalue weighted by Crippen LogP contribution is 2.22. The molecule has 0 unspecified atom stereocenters. The molecule has 0 aliphatic heterocycles. The zero-order chi connectivity index (χ0) is 22.5. The number of aromatic nitrogens is 4. The molecule has 0 atom stereocenters. The lowest BCUT2D eigenvalue weighted by molar-refractivity contribution is 0.103. The molecule has 32 heavy (non-hydrogen) atoms. The molecule has 0 aliphatic carbocycles. The van der Waals surface area contributed by atoms with Crippen LogP contribution in [-0.2, 0) is 11.3 Å². The van der Waals surface area contributed by atoms with E-state index in [0.717, 1.165) is 23.2 Å². The molecule has 4 rings (SSSR count). The summed E-state index contributed by atoms with van der Waals surface area (Å²) < 4.78 is 33.1. The van der Waals surface area contributed by atoms with Crippen molar-refractivity contribution in [2.45, 2.75) is 13.0 Å². The van der Waals surface area contributed by atoms with Crippen LogP contribution in [0.3, 0.4) is 0 Å². The molecular weight excluding hydrogens is 414 g/mol. The zero-order valence-corrected chi connectivity index (χ0v) is 17.1. The Kier molecular flexibility index (Phi) is 6.21. The first-order chi connectivity index (χ1) is 15.5. The first kappa shape index (κ1) is 21.2. The molecule has 8 heteroatoms. The average molecular weight is 434 g/mol. The van der Waals surface area contributed by atoms with Gasteiger partial charge in [0.2, 0.25) is 0 Å². The van der Waals surface area contributed by atoms with Crippen molar-refractivity contribution >= 4 is 27.9 Å². The van der Waals surface area contributed by atoms with Gasteiger partial charge in [-0.1, -0.05) is 18.7 Å². The lowest BCUT2D eigenvalue weighted by Gasteiger charge is -2.08. The number of ketones is 1. The second kappa shape index (κ2) is 9.38. The second-order valence-corrected chi connectivity index (χ2v) is 7.04. The number of nitrogens with one attached hydrogen (secondary N) is 2. The molecule has 0 amide bonds. The van der Waals surface area contributed by atoms with Crippen molar-refractivity contribution < 1.29 is 18.3 Å². The van der Waals surface area contributed by atoms with Crippen molar-refractivity contribution in [3.8, 4) is 0 Å².